The molecule has 0 aliphatic carbocycles. The van der Waals surface area contributed by atoms with Crippen LogP contribution in [0.25, 0.3) is 0 Å². The second-order valence-corrected chi connectivity index (χ2v) is 6.79. The molecule has 0 unspecified atom stereocenters. The Labute approximate surface area is 149 Å². The van der Waals surface area contributed by atoms with Crippen molar-refractivity contribution in [3.63, 3.8) is 0 Å². The van der Waals surface area contributed by atoms with Crippen molar-refractivity contribution in [2.75, 3.05) is 31.7 Å². The van der Waals surface area contributed by atoms with E-state index in [-0.39, 0.29) is 11.2 Å². The summed E-state index contributed by atoms with van der Waals surface area (Å²) < 4.78 is 18.9. The van der Waals surface area contributed by atoms with E-state index in [2.05, 4.69) is 15.4 Å². The Kier molecular flexibility index (Phi) is 6.00. The summed E-state index contributed by atoms with van der Waals surface area (Å²) >= 11 is 0. The SMILES string of the molecule is CCOC[C@]1(CCc2ccc(F)cc2)CCN(Nc2cccnc2)C1. The highest BCUT2D eigenvalue weighted by molar-refractivity contribution is 5.38. The van der Waals surface area contributed by atoms with Gasteiger partial charge in [0, 0.05) is 31.3 Å². The standard InChI is InChI=1S/C20H26FN3O/c1-2-25-16-20(10-9-17-5-7-18(21)8-6-17)11-13-24(15-20)23-19-4-3-12-22-14-19/h3-8,12,14,23H,2,9-11,13,15-16H2,1H3/t20-/m1/s1. The van der Waals surface area contributed by atoms with Crippen molar-refractivity contribution in [3.05, 3.63) is 60.2 Å². The van der Waals surface area contributed by atoms with Crippen LogP contribution < -0.4 is 5.43 Å². The van der Waals surface area contributed by atoms with E-state index < -0.39 is 0 Å². The lowest BCUT2D eigenvalue weighted by Gasteiger charge is -2.29. The number of rotatable bonds is 8. The maximum atomic E-state index is 13.1. The van der Waals surface area contributed by atoms with Gasteiger partial charge in [0.1, 0.15) is 5.82 Å². The van der Waals surface area contributed by atoms with E-state index >= 15 is 0 Å². The summed E-state index contributed by atoms with van der Waals surface area (Å²) in [5, 5.41) is 2.25. The number of benzene rings is 1. The molecule has 1 fully saturated rings. The summed E-state index contributed by atoms with van der Waals surface area (Å²) in [6, 6.07) is 10.8. The smallest absolute Gasteiger partial charge is 0.123 e. The zero-order valence-corrected chi connectivity index (χ0v) is 14.7. The van der Waals surface area contributed by atoms with Gasteiger partial charge in [-0.2, -0.15) is 0 Å². The largest absolute Gasteiger partial charge is 0.381 e. The van der Waals surface area contributed by atoms with E-state index in [1.165, 1.54) is 17.7 Å². The first-order chi connectivity index (χ1) is 12.2. The molecule has 2 aromatic rings. The van der Waals surface area contributed by atoms with Crippen molar-refractivity contribution < 1.29 is 9.13 Å². The Morgan fingerprint density at radius 3 is 2.84 bits per heavy atom. The number of halogens is 1. The lowest BCUT2D eigenvalue weighted by Crippen LogP contribution is -2.34. The Morgan fingerprint density at radius 1 is 1.28 bits per heavy atom. The zero-order chi connectivity index (χ0) is 17.5. The van der Waals surface area contributed by atoms with Gasteiger partial charge in [-0.3, -0.25) is 4.98 Å². The van der Waals surface area contributed by atoms with Gasteiger partial charge in [0.15, 0.2) is 0 Å². The molecule has 0 saturated carbocycles. The van der Waals surface area contributed by atoms with Crippen LogP contribution in [-0.2, 0) is 11.2 Å². The predicted octanol–water partition coefficient (Wildman–Crippen LogP) is 3.91. The number of nitrogens with one attached hydrogen (secondary N) is 1. The number of anilines is 1. The molecule has 134 valence electrons. The molecular formula is C20H26FN3O. The van der Waals surface area contributed by atoms with Gasteiger partial charge in [0.05, 0.1) is 18.5 Å². The highest BCUT2D eigenvalue weighted by atomic mass is 19.1. The number of aromatic nitrogens is 1. The number of hydrogen-bond acceptors (Lipinski definition) is 4. The Bertz CT molecular complexity index is 650. The second-order valence-electron chi connectivity index (χ2n) is 6.79. The summed E-state index contributed by atoms with van der Waals surface area (Å²) in [5.41, 5.74) is 5.75. The molecule has 2 heterocycles. The van der Waals surface area contributed by atoms with Gasteiger partial charge in [-0.05, 0) is 56.0 Å². The first-order valence-corrected chi connectivity index (χ1v) is 8.93. The van der Waals surface area contributed by atoms with Crippen LogP contribution >= 0.6 is 0 Å². The summed E-state index contributed by atoms with van der Waals surface area (Å²) in [6.45, 7) is 5.44. The average Bonchev–Trinajstić information content (AvgIpc) is 3.04. The van der Waals surface area contributed by atoms with Gasteiger partial charge in [-0.25, -0.2) is 9.40 Å². The van der Waals surface area contributed by atoms with E-state index in [1.807, 2.05) is 37.4 Å². The molecule has 0 radical (unpaired) electrons. The number of hydrazine groups is 1. The molecule has 1 aliphatic rings. The van der Waals surface area contributed by atoms with E-state index in [0.717, 1.165) is 51.3 Å². The van der Waals surface area contributed by atoms with Crippen LogP contribution in [-0.4, -0.2) is 36.3 Å². The van der Waals surface area contributed by atoms with E-state index in [4.69, 9.17) is 4.74 Å². The molecule has 1 N–H and O–H groups in total. The minimum atomic E-state index is -0.180. The molecule has 4 nitrogen and oxygen atoms in total. The summed E-state index contributed by atoms with van der Waals surface area (Å²) in [6.07, 6.45) is 6.66. The highest BCUT2D eigenvalue weighted by Crippen LogP contribution is 2.35. The zero-order valence-electron chi connectivity index (χ0n) is 14.7. The third-order valence-electron chi connectivity index (χ3n) is 4.86. The van der Waals surface area contributed by atoms with Gasteiger partial charge in [-0.15, -0.1) is 0 Å². The van der Waals surface area contributed by atoms with Crippen molar-refractivity contribution in [3.8, 4) is 0 Å². The summed E-state index contributed by atoms with van der Waals surface area (Å²) in [4.78, 5) is 4.15. The van der Waals surface area contributed by atoms with Crippen LogP contribution in [0.3, 0.4) is 0 Å². The van der Waals surface area contributed by atoms with Crippen LogP contribution in [0, 0.1) is 11.2 Å². The van der Waals surface area contributed by atoms with Gasteiger partial charge in [0.25, 0.3) is 0 Å². The molecule has 0 bridgehead atoms. The quantitative estimate of drug-likeness (QED) is 0.788. The normalized spacial score (nSPS) is 20.7. The van der Waals surface area contributed by atoms with Crippen molar-refractivity contribution in [1.29, 1.82) is 0 Å². The van der Waals surface area contributed by atoms with Crippen LogP contribution in [0.2, 0.25) is 0 Å². The Morgan fingerprint density at radius 2 is 2.12 bits per heavy atom. The monoisotopic (exact) mass is 343 g/mol. The molecule has 0 amide bonds. The van der Waals surface area contributed by atoms with E-state index in [0.29, 0.717) is 0 Å². The Hall–Kier alpha value is -1.98. The van der Waals surface area contributed by atoms with Crippen LogP contribution in [0.5, 0.6) is 0 Å². The minimum absolute atomic E-state index is 0.125. The first-order valence-electron chi connectivity index (χ1n) is 8.93. The van der Waals surface area contributed by atoms with Crippen LogP contribution in [0.4, 0.5) is 10.1 Å². The highest BCUT2D eigenvalue weighted by Gasteiger charge is 2.38. The summed E-state index contributed by atoms with van der Waals surface area (Å²) in [7, 11) is 0. The first kappa shape index (κ1) is 17.8. The lowest BCUT2D eigenvalue weighted by atomic mass is 9.82. The molecule has 3 rings (SSSR count). The van der Waals surface area contributed by atoms with Gasteiger partial charge < -0.3 is 10.2 Å². The molecule has 1 saturated heterocycles. The molecule has 1 atom stereocenters. The number of pyridine rings is 1. The van der Waals surface area contributed by atoms with Crippen LogP contribution in [0.15, 0.2) is 48.8 Å². The van der Waals surface area contributed by atoms with Crippen molar-refractivity contribution >= 4 is 5.69 Å². The third-order valence-corrected chi connectivity index (χ3v) is 4.86. The molecule has 5 heteroatoms. The van der Waals surface area contributed by atoms with E-state index in [9.17, 15) is 4.39 Å². The van der Waals surface area contributed by atoms with Crippen LogP contribution in [0.1, 0.15) is 25.3 Å². The molecule has 0 spiro atoms. The number of hydrogen-bond donors (Lipinski definition) is 1. The fourth-order valence-electron chi connectivity index (χ4n) is 3.42. The Balaban J connectivity index is 1.61. The second kappa shape index (κ2) is 8.41. The molecule has 1 aromatic heterocycles. The maximum absolute atomic E-state index is 13.1. The number of ether oxygens (including phenoxy) is 1. The van der Waals surface area contributed by atoms with Gasteiger partial charge >= 0.3 is 0 Å². The van der Waals surface area contributed by atoms with E-state index in [1.54, 1.807) is 6.20 Å². The number of aryl methyl sites for hydroxylation is 1. The summed E-state index contributed by atoms with van der Waals surface area (Å²) in [5.74, 6) is -0.180. The topological polar surface area (TPSA) is 37.4 Å². The lowest BCUT2D eigenvalue weighted by molar-refractivity contribution is 0.0509. The minimum Gasteiger partial charge on any atom is -0.381 e. The fourth-order valence-corrected chi connectivity index (χ4v) is 3.42. The van der Waals surface area contributed by atoms with Crippen molar-refractivity contribution in [2.24, 2.45) is 5.41 Å². The molecule has 1 aliphatic heterocycles. The molecular weight excluding hydrogens is 317 g/mol. The molecule has 1 aromatic carbocycles. The maximum Gasteiger partial charge on any atom is 0.123 e. The van der Waals surface area contributed by atoms with Crippen molar-refractivity contribution in [2.45, 2.75) is 26.2 Å². The molecule has 25 heavy (non-hydrogen) atoms. The predicted molar refractivity (Wildman–Crippen MR) is 97.7 cm³/mol. The average molecular weight is 343 g/mol. The van der Waals surface area contributed by atoms with Gasteiger partial charge in [-0.1, -0.05) is 12.1 Å². The fraction of sp³-hybridized carbons (Fsp3) is 0.450. The number of nitrogens with zero attached hydrogens (tertiary/aromatic N) is 2. The van der Waals surface area contributed by atoms with Crippen molar-refractivity contribution in [1.82, 2.24) is 9.99 Å². The van der Waals surface area contributed by atoms with Gasteiger partial charge in [0.2, 0.25) is 0 Å². The third kappa shape index (κ3) is 5.00.